The van der Waals surface area contributed by atoms with E-state index in [2.05, 4.69) is 35.6 Å². The molecule has 5 heteroatoms. The monoisotopic (exact) mass is 456 g/mol. The Bertz CT molecular complexity index is 907. The van der Waals surface area contributed by atoms with Crippen molar-refractivity contribution in [3.05, 3.63) is 63.0 Å². The van der Waals surface area contributed by atoms with Gasteiger partial charge in [0.15, 0.2) is 9.84 Å². The van der Waals surface area contributed by atoms with Crippen LogP contribution in [-0.2, 0) is 21.0 Å². The Balaban J connectivity index is 1.93. The summed E-state index contributed by atoms with van der Waals surface area (Å²) in [5.41, 5.74) is 2.11. The van der Waals surface area contributed by atoms with E-state index in [0.29, 0.717) is 12.3 Å². The van der Waals surface area contributed by atoms with Gasteiger partial charge in [-0.15, -0.1) is 0 Å². The molecule has 0 aromatic heterocycles. The number of rotatable bonds is 2. The Morgan fingerprint density at radius 3 is 2.54 bits per heavy atom. The minimum absolute atomic E-state index is 0.139. The Labute approximate surface area is 155 Å². The van der Waals surface area contributed by atoms with Crippen molar-refractivity contribution in [2.24, 2.45) is 11.8 Å². The summed E-state index contributed by atoms with van der Waals surface area (Å²) >= 11 is 2.27. The third-order valence-electron chi connectivity index (χ3n) is 5.76. The maximum absolute atomic E-state index is 13.6. The molecule has 0 amide bonds. The third kappa shape index (κ3) is 2.13. The second-order valence-electron chi connectivity index (χ2n) is 6.97. The molecule has 0 N–H and O–H groups in total. The fraction of sp³-hybridized carbons (Fsp3) is 0.368. The van der Waals surface area contributed by atoms with Gasteiger partial charge in [0.1, 0.15) is 10.6 Å². The van der Waals surface area contributed by atoms with Gasteiger partial charge in [-0.25, -0.2) is 12.8 Å². The van der Waals surface area contributed by atoms with Crippen LogP contribution in [0.5, 0.6) is 0 Å². The topological polar surface area (TPSA) is 34.1 Å². The average molecular weight is 456 g/mol. The van der Waals surface area contributed by atoms with E-state index in [9.17, 15) is 12.8 Å². The Kier molecular flexibility index (Phi) is 3.80. The van der Waals surface area contributed by atoms with Gasteiger partial charge in [0.2, 0.25) is 0 Å². The molecule has 24 heavy (non-hydrogen) atoms. The van der Waals surface area contributed by atoms with Gasteiger partial charge in [0.05, 0.1) is 4.90 Å². The number of benzene rings is 2. The SMILES string of the molecule is CC1CC2(S(=O)(=O)c3ccc(F)cc3)c3ccc(I)cc3CCC12. The lowest BCUT2D eigenvalue weighted by Gasteiger charge is -2.56. The fourth-order valence-electron chi connectivity index (χ4n) is 4.67. The molecule has 0 heterocycles. The predicted molar refractivity (Wildman–Crippen MR) is 100 cm³/mol. The van der Waals surface area contributed by atoms with Crippen LogP contribution in [0.4, 0.5) is 4.39 Å². The molecule has 2 aromatic carbocycles. The maximum atomic E-state index is 13.6. The molecule has 1 fully saturated rings. The number of hydrogen-bond donors (Lipinski definition) is 0. The summed E-state index contributed by atoms with van der Waals surface area (Å²) in [4.78, 5) is 0.229. The highest BCUT2D eigenvalue weighted by atomic mass is 127. The van der Waals surface area contributed by atoms with Crippen molar-refractivity contribution in [2.45, 2.75) is 35.8 Å². The molecule has 3 unspecified atom stereocenters. The Hall–Kier alpha value is -0.950. The molecule has 0 spiro atoms. The standard InChI is InChI=1S/C19H18FIO2S/c1-12-11-19(24(22,23)16-6-3-14(20)4-7-16)17(12)8-2-13-10-15(21)5-9-18(13)19/h3-7,9-10,12,17H,2,8,11H2,1H3. The molecule has 0 radical (unpaired) electrons. The van der Waals surface area contributed by atoms with E-state index >= 15 is 0 Å². The zero-order chi connectivity index (χ0) is 17.1. The van der Waals surface area contributed by atoms with Crippen molar-refractivity contribution in [3.8, 4) is 0 Å². The van der Waals surface area contributed by atoms with Gasteiger partial charge in [0.25, 0.3) is 0 Å². The summed E-state index contributed by atoms with van der Waals surface area (Å²) in [7, 11) is -3.57. The van der Waals surface area contributed by atoms with Gasteiger partial charge in [-0.3, -0.25) is 0 Å². The van der Waals surface area contributed by atoms with Crippen molar-refractivity contribution in [1.82, 2.24) is 0 Å². The van der Waals surface area contributed by atoms with Crippen molar-refractivity contribution in [3.63, 3.8) is 0 Å². The zero-order valence-corrected chi connectivity index (χ0v) is 16.3. The van der Waals surface area contributed by atoms with Gasteiger partial charge in [-0.2, -0.15) is 0 Å². The van der Waals surface area contributed by atoms with Gasteiger partial charge < -0.3 is 0 Å². The highest BCUT2D eigenvalue weighted by Gasteiger charge is 2.63. The lowest BCUT2D eigenvalue weighted by molar-refractivity contribution is 0.0896. The van der Waals surface area contributed by atoms with Crippen LogP contribution < -0.4 is 0 Å². The molecule has 0 aliphatic heterocycles. The lowest BCUT2D eigenvalue weighted by atomic mass is 9.57. The third-order valence-corrected chi connectivity index (χ3v) is 8.97. The number of aryl methyl sites for hydroxylation is 1. The van der Waals surface area contributed by atoms with Crippen LogP contribution in [0.1, 0.15) is 30.9 Å². The van der Waals surface area contributed by atoms with Crippen LogP contribution in [-0.4, -0.2) is 8.42 Å². The zero-order valence-electron chi connectivity index (χ0n) is 13.3. The molecule has 2 aliphatic rings. The minimum Gasteiger partial charge on any atom is -0.223 e. The maximum Gasteiger partial charge on any atom is 0.188 e. The second-order valence-corrected chi connectivity index (χ2v) is 10.4. The van der Waals surface area contributed by atoms with E-state index < -0.39 is 20.4 Å². The van der Waals surface area contributed by atoms with Crippen molar-refractivity contribution in [1.29, 1.82) is 0 Å². The Morgan fingerprint density at radius 1 is 1.17 bits per heavy atom. The second kappa shape index (κ2) is 5.53. The molecular formula is C19H18FIO2S. The van der Waals surface area contributed by atoms with Crippen molar-refractivity contribution >= 4 is 32.4 Å². The normalized spacial score (nSPS) is 28.6. The number of sulfone groups is 1. The highest BCUT2D eigenvalue weighted by Crippen LogP contribution is 2.62. The largest absolute Gasteiger partial charge is 0.223 e. The fourth-order valence-corrected chi connectivity index (χ4v) is 7.86. The van der Waals surface area contributed by atoms with Crippen LogP contribution in [0.25, 0.3) is 0 Å². The van der Waals surface area contributed by atoms with E-state index in [4.69, 9.17) is 0 Å². The highest BCUT2D eigenvalue weighted by molar-refractivity contribution is 14.1. The first kappa shape index (κ1) is 16.5. The minimum atomic E-state index is -3.57. The summed E-state index contributed by atoms with van der Waals surface area (Å²) in [5.74, 6) is 0.122. The van der Waals surface area contributed by atoms with Gasteiger partial charge in [0, 0.05) is 3.57 Å². The van der Waals surface area contributed by atoms with Crippen molar-refractivity contribution in [2.75, 3.05) is 0 Å². The van der Waals surface area contributed by atoms with E-state index in [-0.39, 0.29) is 10.8 Å². The first-order valence-electron chi connectivity index (χ1n) is 8.15. The van der Waals surface area contributed by atoms with Gasteiger partial charge >= 0.3 is 0 Å². The van der Waals surface area contributed by atoms with E-state index in [1.165, 1.54) is 24.3 Å². The molecule has 4 rings (SSSR count). The lowest BCUT2D eigenvalue weighted by Crippen LogP contribution is -2.57. The van der Waals surface area contributed by atoms with E-state index in [0.717, 1.165) is 27.5 Å². The smallest absolute Gasteiger partial charge is 0.188 e. The summed E-state index contributed by atoms with van der Waals surface area (Å²) < 4.78 is 40.6. The molecule has 2 nitrogen and oxygen atoms in total. The molecule has 126 valence electrons. The van der Waals surface area contributed by atoms with Crippen LogP contribution >= 0.6 is 22.6 Å². The molecule has 1 saturated carbocycles. The van der Waals surface area contributed by atoms with Crippen LogP contribution in [0.2, 0.25) is 0 Å². The number of halogens is 2. The molecular weight excluding hydrogens is 438 g/mol. The van der Waals surface area contributed by atoms with Crippen LogP contribution in [0, 0.1) is 21.2 Å². The molecule has 0 saturated heterocycles. The summed E-state index contributed by atoms with van der Waals surface area (Å²) in [5, 5.41) is 0. The van der Waals surface area contributed by atoms with E-state index in [1.807, 2.05) is 12.1 Å². The number of fused-ring (bicyclic) bond motifs is 3. The summed E-state index contributed by atoms with van der Waals surface area (Å²) in [6.07, 6.45) is 2.47. The molecule has 2 aliphatic carbocycles. The Morgan fingerprint density at radius 2 is 1.88 bits per heavy atom. The van der Waals surface area contributed by atoms with Crippen LogP contribution in [0.15, 0.2) is 47.4 Å². The van der Waals surface area contributed by atoms with Crippen LogP contribution in [0.3, 0.4) is 0 Å². The van der Waals surface area contributed by atoms with E-state index in [1.54, 1.807) is 0 Å². The predicted octanol–water partition coefficient (Wildman–Crippen LogP) is 4.70. The quantitative estimate of drug-likeness (QED) is 0.485. The summed E-state index contributed by atoms with van der Waals surface area (Å²) in [6.45, 7) is 2.14. The van der Waals surface area contributed by atoms with Gasteiger partial charge in [-0.1, -0.05) is 13.0 Å². The van der Waals surface area contributed by atoms with Gasteiger partial charge in [-0.05, 0) is 101 Å². The van der Waals surface area contributed by atoms with Crippen molar-refractivity contribution < 1.29 is 12.8 Å². The molecule has 2 aromatic rings. The molecule has 0 bridgehead atoms. The first-order valence-corrected chi connectivity index (χ1v) is 10.7. The first-order chi connectivity index (χ1) is 11.4. The average Bonchev–Trinajstić information content (AvgIpc) is 2.53. The number of hydrogen-bond acceptors (Lipinski definition) is 2. The molecule has 3 atom stereocenters. The summed E-state index contributed by atoms with van der Waals surface area (Å²) in [6, 6.07) is 11.4.